The van der Waals surface area contributed by atoms with Crippen molar-refractivity contribution in [2.45, 2.75) is 39.7 Å². The number of halogens is 1. The van der Waals surface area contributed by atoms with Crippen molar-refractivity contribution in [1.82, 2.24) is 0 Å². The highest BCUT2D eigenvalue weighted by atomic mass is 19.1. The molecule has 1 aromatic rings. The Bertz CT molecular complexity index is 352. The van der Waals surface area contributed by atoms with Crippen LogP contribution in [-0.2, 0) is 0 Å². The largest absolute Gasteiger partial charge is 0.389 e. The van der Waals surface area contributed by atoms with Crippen LogP contribution in [0.3, 0.4) is 0 Å². The molecule has 0 aliphatic rings. The van der Waals surface area contributed by atoms with Gasteiger partial charge in [-0.05, 0) is 32.4 Å². The van der Waals surface area contributed by atoms with Crippen LogP contribution in [0.2, 0.25) is 0 Å². The molecular weight excluding hydrogens is 217 g/mol. The number of anilines is 1. The van der Waals surface area contributed by atoms with Crippen molar-refractivity contribution in [3.8, 4) is 0 Å². The molecule has 0 heterocycles. The predicted molar refractivity (Wildman–Crippen MR) is 69.8 cm³/mol. The summed E-state index contributed by atoms with van der Waals surface area (Å²) in [4.78, 5) is 2.12. The normalized spacial score (nSPS) is 12.5. The molecule has 0 saturated carbocycles. The van der Waals surface area contributed by atoms with Crippen LogP contribution in [0, 0.1) is 5.82 Å². The molecule has 2 nitrogen and oxygen atoms in total. The van der Waals surface area contributed by atoms with Crippen molar-refractivity contribution < 1.29 is 9.50 Å². The number of unbranched alkanes of at least 4 members (excludes halogenated alkanes) is 1. The summed E-state index contributed by atoms with van der Waals surface area (Å²) in [7, 11) is 0. The molecule has 17 heavy (non-hydrogen) atoms. The van der Waals surface area contributed by atoms with E-state index >= 15 is 0 Å². The molecule has 0 amide bonds. The number of benzene rings is 1. The third kappa shape index (κ3) is 3.43. The van der Waals surface area contributed by atoms with Gasteiger partial charge >= 0.3 is 0 Å². The van der Waals surface area contributed by atoms with Crippen LogP contribution in [0.15, 0.2) is 18.2 Å². The molecule has 0 aliphatic heterocycles. The molecule has 96 valence electrons. The molecule has 0 unspecified atom stereocenters. The average molecular weight is 239 g/mol. The summed E-state index contributed by atoms with van der Waals surface area (Å²) in [6.07, 6.45) is 1.40. The first kappa shape index (κ1) is 14.0. The van der Waals surface area contributed by atoms with Crippen LogP contribution in [0.25, 0.3) is 0 Å². The summed E-state index contributed by atoms with van der Waals surface area (Å²) >= 11 is 0. The minimum Gasteiger partial charge on any atom is -0.389 e. The number of aliphatic hydroxyl groups is 1. The van der Waals surface area contributed by atoms with Crippen LogP contribution in [-0.4, -0.2) is 18.2 Å². The molecule has 0 spiro atoms. The standard InChI is InChI=1S/C14H22FNO/c1-4-6-10-16(5-2)13-9-7-8-12(15)14(13)11(3)17/h7-9,11,17H,4-6,10H2,1-3H3/t11-/m1/s1. The third-order valence-electron chi connectivity index (χ3n) is 2.95. The molecular formula is C14H22FNO. The lowest BCUT2D eigenvalue weighted by molar-refractivity contribution is 0.194. The summed E-state index contributed by atoms with van der Waals surface area (Å²) in [5.41, 5.74) is 1.22. The smallest absolute Gasteiger partial charge is 0.131 e. The first-order valence-corrected chi connectivity index (χ1v) is 6.33. The van der Waals surface area contributed by atoms with E-state index in [9.17, 15) is 9.50 Å². The maximum absolute atomic E-state index is 13.7. The van der Waals surface area contributed by atoms with E-state index in [1.165, 1.54) is 6.07 Å². The molecule has 0 bridgehead atoms. The summed E-state index contributed by atoms with van der Waals surface area (Å²) < 4.78 is 13.7. The lowest BCUT2D eigenvalue weighted by Crippen LogP contribution is -2.25. The average Bonchev–Trinajstić information content (AvgIpc) is 2.29. The molecule has 0 radical (unpaired) electrons. The quantitative estimate of drug-likeness (QED) is 0.821. The van der Waals surface area contributed by atoms with E-state index in [0.29, 0.717) is 5.56 Å². The summed E-state index contributed by atoms with van der Waals surface area (Å²) in [5, 5.41) is 9.69. The van der Waals surface area contributed by atoms with Gasteiger partial charge in [-0.2, -0.15) is 0 Å². The highest BCUT2D eigenvalue weighted by molar-refractivity contribution is 5.55. The Morgan fingerprint density at radius 3 is 2.59 bits per heavy atom. The SMILES string of the molecule is CCCCN(CC)c1cccc(F)c1[C@@H](C)O. The van der Waals surface area contributed by atoms with Gasteiger partial charge in [-0.15, -0.1) is 0 Å². The topological polar surface area (TPSA) is 23.5 Å². The zero-order chi connectivity index (χ0) is 12.8. The molecule has 3 heteroatoms. The van der Waals surface area contributed by atoms with Gasteiger partial charge in [0.25, 0.3) is 0 Å². The van der Waals surface area contributed by atoms with E-state index < -0.39 is 6.10 Å². The zero-order valence-corrected chi connectivity index (χ0v) is 10.9. The van der Waals surface area contributed by atoms with Gasteiger partial charge in [0.2, 0.25) is 0 Å². The van der Waals surface area contributed by atoms with Gasteiger partial charge in [0, 0.05) is 24.3 Å². The van der Waals surface area contributed by atoms with Gasteiger partial charge in [0.15, 0.2) is 0 Å². The Hall–Kier alpha value is -1.09. The number of rotatable bonds is 6. The lowest BCUT2D eigenvalue weighted by Gasteiger charge is -2.26. The number of hydrogen-bond acceptors (Lipinski definition) is 2. The van der Waals surface area contributed by atoms with Crippen molar-refractivity contribution >= 4 is 5.69 Å². The van der Waals surface area contributed by atoms with Crippen molar-refractivity contribution in [3.63, 3.8) is 0 Å². The molecule has 0 saturated heterocycles. The molecule has 0 aliphatic carbocycles. The molecule has 1 N–H and O–H groups in total. The van der Waals surface area contributed by atoms with E-state index in [1.54, 1.807) is 13.0 Å². The first-order chi connectivity index (χ1) is 8.11. The Labute approximate surface area is 103 Å². The fraction of sp³-hybridized carbons (Fsp3) is 0.571. The minimum atomic E-state index is -0.776. The van der Waals surface area contributed by atoms with Crippen molar-refractivity contribution in [2.75, 3.05) is 18.0 Å². The number of aliphatic hydroxyl groups excluding tert-OH is 1. The van der Waals surface area contributed by atoms with Gasteiger partial charge in [-0.3, -0.25) is 0 Å². The maximum Gasteiger partial charge on any atom is 0.131 e. The summed E-state index contributed by atoms with van der Waals surface area (Å²) in [5.74, 6) is -0.326. The Balaban J connectivity index is 3.05. The number of hydrogen-bond donors (Lipinski definition) is 1. The Morgan fingerprint density at radius 2 is 2.06 bits per heavy atom. The van der Waals surface area contributed by atoms with Crippen molar-refractivity contribution in [3.05, 3.63) is 29.6 Å². The van der Waals surface area contributed by atoms with Crippen molar-refractivity contribution in [2.24, 2.45) is 0 Å². The maximum atomic E-state index is 13.7. The Kier molecular flexibility index (Phi) is 5.42. The van der Waals surface area contributed by atoms with Crippen LogP contribution in [0.4, 0.5) is 10.1 Å². The van der Waals surface area contributed by atoms with Crippen LogP contribution < -0.4 is 4.90 Å². The third-order valence-corrected chi connectivity index (χ3v) is 2.95. The molecule has 1 rings (SSSR count). The monoisotopic (exact) mass is 239 g/mol. The highest BCUT2D eigenvalue weighted by Gasteiger charge is 2.16. The second-order valence-corrected chi connectivity index (χ2v) is 4.28. The van der Waals surface area contributed by atoms with Gasteiger partial charge < -0.3 is 10.0 Å². The molecule has 0 aromatic heterocycles. The fourth-order valence-electron chi connectivity index (χ4n) is 2.01. The van der Waals surface area contributed by atoms with Crippen LogP contribution >= 0.6 is 0 Å². The second kappa shape index (κ2) is 6.60. The van der Waals surface area contributed by atoms with E-state index in [1.807, 2.05) is 13.0 Å². The highest BCUT2D eigenvalue weighted by Crippen LogP contribution is 2.29. The molecule has 1 aromatic carbocycles. The van der Waals surface area contributed by atoms with Gasteiger partial charge in [-0.1, -0.05) is 19.4 Å². The molecule has 1 atom stereocenters. The van der Waals surface area contributed by atoms with E-state index in [-0.39, 0.29) is 5.82 Å². The van der Waals surface area contributed by atoms with Gasteiger partial charge in [0.1, 0.15) is 5.82 Å². The van der Waals surface area contributed by atoms with E-state index in [0.717, 1.165) is 31.6 Å². The number of nitrogens with zero attached hydrogens (tertiary/aromatic N) is 1. The predicted octanol–water partition coefficient (Wildman–Crippen LogP) is 3.51. The first-order valence-electron chi connectivity index (χ1n) is 6.33. The Morgan fingerprint density at radius 1 is 1.35 bits per heavy atom. The second-order valence-electron chi connectivity index (χ2n) is 4.28. The fourth-order valence-corrected chi connectivity index (χ4v) is 2.01. The van der Waals surface area contributed by atoms with Crippen molar-refractivity contribution in [1.29, 1.82) is 0 Å². The van der Waals surface area contributed by atoms with Gasteiger partial charge in [0.05, 0.1) is 6.10 Å². The van der Waals surface area contributed by atoms with Crippen LogP contribution in [0.1, 0.15) is 45.3 Å². The van der Waals surface area contributed by atoms with E-state index in [2.05, 4.69) is 11.8 Å². The van der Waals surface area contributed by atoms with E-state index in [4.69, 9.17) is 0 Å². The molecule has 0 fully saturated rings. The summed E-state index contributed by atoms with van der Waals surface area (Å²) in [6.45, 7) is 7.51. The lowest BCUT2D eigenvalue weighted by atomic mass is 10.1. The van der Waals surface area contributed by atoms with Gasteiger partial charge in [-0.25, -0.2) is 4.39 Å². The summed E-state index contributed by atoms with van der Waals surface area (Å²) in [6, 6.07) is 4.98. The zero-order valence-electron chi connectivity index (χ0n) is 10.9. The minimum absolute atomic E-state index is 0.326. The van der Waals surface area contributed by atoms with Crippen LogP contribution in [0.5, 0.6) is 0 Å².